The molecule has 2 nitrogen and oxygen atoms in total. The summed E-state index contributed by atoms with van der Waals surface area (Å²) in [6, 6.07) is 10.7. The average Bonchev–Trinajstić information content (AvgIpc) is 2.36. The highest BCUT2D eigenvalue weighted by molar-refractivity contribution is 6.92. The molecule has 0 atom stereocenters. The van der Waals surface area contributed by atoms with Gasteiger partial charge in [-0.2, -0.15) is 0 Å². The Bertz CT molecular complexity index is 396. The second-order valence-corrected chi connectivity index (χ2v) is 11.1. The van der Waals surface area contributed by atoms with Gasteiger partial charge >= 0.3 is 5.97 Å². The largest absolute Gasteiger partial charge is 0.469 e. The lowest BCUT2D eigenvalue weighted by Gasteiger charge is -2.40. The van der Waals surface area contributed by atoms with E-state index in [1.807, 2.05) is 0 Å². The van der Waals surface area contributed by atoms with E-state index in [0.717, 1.165) is 6.42 Å². The van der Waals surface area contributed by atoms with Crippen molar-refractivity contribution in [2.45, 2.75) is 44.8 Å². The summed E-state index contributed by atoms with van der Waals surface area (Å²) in [6.07, 6.45) is 1.39. The summed E-state index contributed by atoms with van der Waals surface area (Å²) in [6.45, 7) is 9.30. The monoisotopic (exact) mass is 264 g/mol. The van der Waals surface area contributed by atoms with Crippen molar-refractivity contribution < 1.29 is 9.53 Å². The number of hydrogen-bond donors (Lipinski definition) is 0. The van der Waals surface area contributed by atoms with Crippen LogP contribution in [0, 0.1) is 0 Å². The third-order valence-corrected chi connectivity index (χ3v) is 9.78. The number of methoxy groups -OCH3 is 1. The van der Waals surface area contributed by atoms with Crippen molar-refractivity contribution in [2.24, 2.45) is 0 Å². The van der Waals surface area contributed by atoms with Crippen LogP contribution < -0.4 is 5.19 Å². The van der Waals surface area contributed by atoms with E-state index >= 15 is 0 Å². The van der Waals surface area contributed by atoms with Crippen LogP contribution in [-0.2, 0) is 9.53 Å². The van der Waals surface area contributed by atoms with Gasteiger partial charge in [0.15, 0.2) is 0 Å². The van der Waals surface area contributed by atoms with Crippen LogP contribution in [0.4, 0.5) is 0 Å². The maximum atomic E-state index is 11.3. The van der Waals surface area contributed by atoms with Crippen LogP contribution in [0.3, 0.4) is 0 Å². The molecule has 0 saturated heterocycles. The molecule has 0 aliphatic heterocycles. The lowest BCUT2D eigenvalue weighted by Crippen LogP contribution is -2.50. The Kier molecular flexibility index (Phi) is 4.74. The topological polar surface area (TPSA) is 26.3 Å². The fraction of sp³-hybridized carbons (Fsp3) is 0.533. The van der Waals surface area contributed by atoms with Crippen LogP contribution in [0.25, 0.3) is 0 Å². The highest BCUT2D eigenvalue weighted by atomic mass is 28.3. The molecule has 0 aliphatic rings. The first-order valence-corrected chi connectivity index (χ1v) is 9.43. The quantitative estimate of drug-likeness (QED) is 0.602. The molecule has 0 fully saturated rings. The zero-order chi connectivity index (χ0) is 13.8. The van der Waals surface area contributed by atoms with Crippen molar-refractivity contribution in [3.63, 3.8) is 0 Å². The van der Waals surface area contributed by atoms with Gasteiger partial charge in [-0.1, -0.05) is 62.5 Å². The molecule has 0 spiro atoms. The number of esters is 1. The summed E-state index contributed by atoms with van der Waals surface area (Å²) >= 11 is 0. The minimum Gasteiger partial charge on any atom is -0.469 e. The van der Waals surface area contributed by atoms with Crippen molar-refractivity contribution in [2.75, 3.05) is 7.11 Å². The summed E-state index contributed by atoms with van der Waals surface area (Å²) in [4.78, 5) is 11.3. The summed E-state index contributed by atoms with van der Waals surface area (Å²) in [5.74, 6) is -0.110. The summed E-state index contributed by atoms with van der Waals surface area (Å²) in [5.41, 5.74) is 0. The zero-order valence-corrected chi connectivity index (χ0v) is 13.1. The molecule has 0 radical (unpaired) electrons. The van der Waals surface area contributed by atoms with E-state index in [1.54, 1.807) is 0 Å². The van der Waals surface area contributed by atoms with E-state index in [0.29, 0.717) is 6.42 Å². The Morgan fingerprint density at radius 2 is 1.78 bits per heavy atom. The summed E-state index contributed by atoms with van der Waals surface area (Å²) in [5, 5.41) is 1.61. The SMILES string of the molecule is COC(=O)CCC(C)(C)[Si](C)(C)c1ccccc1. The Morgan fingerprint density at radius 3 is 2.28 bits per heavy atom. The minimum absolute atomic E-state index is 0.110. The predicted molar refractivity (Wildman–Crippen MR) is 78.8 cm³/mol. The number of rotatable bonds is 5. The molecule has 100 valence electrons. The highest BCUT2D eigenvalue weighted by Crippen LogP contribution is 2.41. The predicted octanol–water partition coefficient (Wildman–Crippen LogP) is 3.34. The van der Waals surface area contributed by atoms with Crippen molar-refractivity contribution in [3.05, 3.63) is 30.3 Å². The van der Waals surface area contributed by atoms with E-state index < -0.39 is 8.07 Å². The zero-order valence-electron chi connectivity index (χ0n) is 12.1. The molecule has 3 heteroatoms. The first-order chi connectivity index (χ1) is 8.31. The standard InChI is InChI=1S/C15H24O2Si/c1-15(2,12-11-14(16)17-3)18(4,5)13-9-7-6-8-10-13/h6-10H,11-12H2,1-5H3. The van der Waals surface area contributed by atoms with E-state index in [2.05, 4.69) is 57.3 Å². The van der Waals surface area contributed by atoms with Crippen LogP contribution in [-0.4, -0.2) is 21.2 Å². The van der Waals surface area contributed by atoms with Gasteiger partial charge in [0.25, 0.3) is 0 Å². The molecule has 0 aromatic heterocycles. The number of carbonyl (C=O) groups excluding carboxylic acids is 1. The molecule has 1 rings (SSSR count). The fourth-order valence-corrected chi connectivity index (χ4v) is 4.63. The van der Waals surface area contributed by atoms with Crippen LogP contribution >= 0.6 is 0 Å². The molecule has 0 amide bonds. The molecular weight excluding hydrogens is 240 g/mol. The molecule has 0 unspecified atom stereocenters. The van der Waals surface area contributed by atoms with Gasteiger partial charge < -0.3 is 4.74 Å². The number of ether oxygens (including phenoxy) is 1. The van der Waals surface area contributed by atoms with Gasteiger partial charge in [0.2, 0.25) is 0 Å². The average molecular weight is 264 g/mol. The van der Waals surface area contributed by atoms with Gasteiger partial charge in [-0.05, 0) is 11.5 Å². The van der Waals surface area contributed by atoms with E-state index in [9.17, 15) is 4.79 Å². The molecule has 1 aromatic rings. The van der Waals surface area contributed by atoms with Crippen LogP contribution in [0.5, 0.6) is 0 Å². The molecule has 0 N–H and O–H groups in total. The van der Waals surface area contributed by atoms with Crippen LogP contribution in [0.1, 0.15) is 26.7 Å². The summed E-state index contributed by atoms with van der Waals surface area (Å²) < 4.78 is 4.74. The van der Waals surface area contributed by atoms with Crippen LogP contribution in [0.2, 0.25) is 18.1 Å². The van der Waals surface area contributed by atoms with Crippen molar-refractivity contribution >= 4 is 19.2 Å². The second kappa shape index (κ2) is 5.70. The Hall–Kier alpha value is -1.09. The molecule has 18 heavy (non-hydrogen) atoms. The maximum absolute atomic E-state index is 11.3. The highest BCUT2D eigenvalue weighted by Gasteiger charge is 2.40. The van der Waals surface area contributed by atoms with E-state index in [1.165, 1.54) is 12.3 Å². The van der Waals surface area contributed by atoms with Gasteiger partial charge in [-0.15, -0.1) is 0 Å². The maximum Gasteiger partial charge on any atom is 0.305 e. The van der Waals surface area contributed by atoms with Gasteiger partial charge in [0, 0.05) is 6.42 Å². The third-order valence-electron chi connectivity index (χ3n) is 4.37. The molecular formula is C15H24O2Si. The van der Waals surface area contributed by atoms with Gasteiger partial charge in [-0.3, -0.25) is 4.79 Å². The third kappa shape index (κ3) is 3.22. The number of benzene rings is 1. The second-order valence-electron chi connectivity index (χ2n) is 5.95. The number of hydrogen-bond acceptors (Lipinski definition) is 2. The molecule has 0 aliphatic carbocycles. The Morgan fingerprint density at radius 1 is 1.22 bits per heavy atom. The fourth-order valence-electron chi connectivity index (χ4n) is 2.07. The van der Waals surface area contributed by atoms with Crippen molar-refractivity contribution in [1.29, 1.82) is 0 Å². The Labute approximate surface area is 111 Å². The van der Waals surface area contributed by atoms with E-state index in [-0.39, 0.29) is 11.0 Å². The minimum atomic E-state index is -1.59. The van der Waals surface area contributed by atoms with Crippen molar-refractivity contribution in [1.82, 2.24) is 0 Å². The first kappa shape index (κ1) is 15.0. The van der Waals surface area contributed by atoms with Gasteiger partial charge in [-0.25, -0.2) is 0 Å². The summed E-state index contributed by atoms with van der Waals surface area (Å²) in [7, 11) is -0.141. The Balaban J connectivity index is 2.85. The van der Waals surface area contributed by atoms with Gasteiger partial charge in [0.05, 0.1) is 15.2 Å². The van der Waals surface area contributed by atoms with Crippen molar-refractivity contribution in [3.8, 4) is 0 Å². The lowest BCUT2D eigenvalue weighted by molar-refractivity contribution is -0.140. The normalized spacial score (nSPS) is 12.3. The first-order valence-electron chi connectivity index (χ1n) is 6.43. The number of carbonyl (C=O) groups is 1. The molecule has 1 aromatic carbocycles. The molecule has 0 heterocycles. The molecule has 0 saturated carbocycles. The van der Waals surface area contributed by atoms with E-state index in [4.69, 9.17) is 4.74 Å². The van der Waals surface area contributed by atoms with Crippen LogP contribution in [0.15, 0.2) is 30.3 Å². The lowest BCUT2D eigenvalue weighted by atomic mass is 10.1. The smallest absolute Gasteiger partial charge is 0.305 e. The van der Waals surface area contributed by atoms with Gasteiger partial charge in [0.1, 0.15) is 0 Å². The molecule has 0 bridgehead atoms.